The minimum Gasteiger partial charge on any atom is -0.389 e. The van der Waals surface area contributed by atoms with Crippen molar-refractivity contribution >= 4 is 16.5 Å². The number of nitrogens with two attached hydrogens (primary N) is 1. The molecule has 0 saturated heterocycles. The average Bonchev–Trinajstić information content (AvgIpc) is 2.73. The van der Waals surface area contributed by atoms with Gasteiger partial charge in [0.1, 0.15) is 5.00 Å². The summed E-state index contributed by atoms with van der Waals surface area (Å²) in [5.41, 5.74) is 6.80. The van der Waals surface area contributed by atoms with Crippen molar-refractivity contribution in [3.05, 3.63) is 11.8 Å². The fourth-order valence-electron chi connectivity index (χ4n) is 0.944. The maximum Gasteiger partial charge on any atom is 0.111 e. The number of nitrogens with one attached hydrogen (secondary N) is 1. The van der Waals surface area contributed by atoms with E-state index in [9.17, 15) is 0 Å². The van der Waals surface area contributed by atoms with E-state index < -0.39 is 0 Å². The van der Waals surface area contributed by atoms with Crippen molar-refractivity contribution in [1.82, 2.24) is 9.69 Å². The van der Waals surface area contributed by atoms with Gasteiger partial charge < -0.3 is 11.1 Å². The summed E-state index contributed by atoms with van der Waals surface area (Å²) in [6.45, 7) is 0.882. The molecule has 1 aromatic heterocycles. The first kappa shape index (κ1) is 7.06. The van der Waals surface area contributed by atoms with E-state index in [2.05, 4.69) is 9.69 Å². The lowest BCUT2D eigenvalue weighted by Gasteiger charge is -1.99. The van der Waals surface area contributed by atoms with Gasteiger partial charge in [0, 0.05) is 24.3 Å². The van der Waals surface area contributed by atoms with Crippen LogP contribution in [0, 0.1) is 0 Å². The molecule has 1 aliphatic carbocycles. The zero-order valence-electron chi connectivity index (χ0n) is 6.21. The summed E-state index contributed by atoms with van der Waals surface area (Å²) in [5.74, 6) is 0. The molecule has 3 N–H and O–H groups in total. The first-order valence-electron chi connectivity index (χ1n) is 3.78. The van der Waals surface area contributed by atoms with Gasteiger partial charge in [-0.1, -0.05) is 0 Å². The second kappa shape index (κ2) is 2.79. The molecule has 1 aliphatic rings. The minimum atomic E-state index is 0.745. The Labute approximate surface area is 69.8 Å². The molecule has 0 aromatic carbocycles. The highest BCUT2D eigenvalue weighted by atomic mass is 32.1. The van der Waals surface area contributed by atoms with Crippen LogP contribution in [0.5, 0.6) is 0 Å². The van der Waals surface area contributed by atoms with Crippen LogP contribution in [0.4, 0.5) is 5.00 Å². The van der Waals surface area contributed by atoms with Gasteiger partial charge in [0.05, 0.1) is 0 Å². The molecule has 0 atom stereocenters. The molecule has 60 valence electrons. The average molecular weight is 169 g/mol. The highest BCUT2D eigenvalue weighted by molar-refractivity contribution is 7.10. The Kier molecular flexibility index (Phi) is 1.79. The maximum atomic E-state index is 5.66. The van der Waals surface area contributed by atoms with Crippen LogP contribution in [0.3, 0.4) is 0 Å². The summed E-state index contributed by atoms with van der Waals surface area (Å²) in [7, 11) is 0. The lowest BCUT2D eigenvalue weighted by atomic mass is 10.3. The van der Waals surface area contributed by atoms with Crippen molar-refractivity contribution in [2.75, 3.05) is 5.73 Å². The van der Waals surface area contributed by atoms with Crippen LogP contribution >= 0.6 is 11.5 Å². The molecular weight excluding hydrogens is 158 g/mol. The molecular formula is C7H11N3S. The van der Waals surface area contributed by atoms with Gasteiger partial charge in [-0.25, -0.2) is 0 Å². The largest absolute Gasteiger partial charge is 0.389 e. The molecule has 3 nitrogen and oxygen atoms in total. The van der Waals surface area contributed by atoms with E-state index >= 15 is 0 Å². The topological polar surface area (TPSA) is 50.9 Å². The Balaban J connectivity index is 1.89. The molecule has 0 aliphatic heterocycles. The van der Waals surface area contributed by atoms with Crippen molar-refractivity contribution in [2.24, 2.45) is 0 Å². The van der Waals surface area contributed by atoms with Gasteiger partial charge in [0.2, 0.25) is 0 Å². The molecule has 0 unspecified atom stereocenters. The van der Waals surface area contributed by atoms with Gasteiger partial charge in [0.25, 0.3) is 0 Å². The Morgan fingerprint density at radius 1 is 1.73 bits per heavy atom. The minimum absolute atomic E-state index is 0.745. The molecule has 11 heavy (non-hydrogen) atoms. The van der Waals surface area contributed by atoms with Crippen LogP contribution in [0.25, 0.3) is 0 Å². The molecule has 0 amide bonds. The third-order valence-corrected chi connectivity index (χ3v) is 2.50. The Morgan fingerprint density at radius 3 is 3.09 bits per heavy atom. The van der Waals surface area contributed by atoms with Gasteiger partial charge in [-0.3, -0.25) is 0 Å². The van der Waals surface area contributed by atoms with Crippen molar-refractivity contribution in [1.29, 1.82) is 0 Å². The first-order valence-corrected chi connectivity index (χ1v) is 4.56. The molecule has 1 saturated carbocycles. The summed E-state index contributed by atoms with van der Waals surface area (Å²) < 4.78 is 4.00. The molecule has 0 bridgehead atoms. The second-order valence-corrected chi connectivity index (χ2v) is 3.70. The predicted molar refractivity (Wildman–Crippen MR) is 46.4 cm³/mol. The fourth-order valence-corrected chi connectivity index (χ4v) is 1.48. The Morgan fingerprint density at radius 2 is 2.55 bits per heavy atom. The SMILES string of the molecule is Nc1sncc1CNC1CC1. The Bertz CT molecular complexity index is 242. The van der Waals surface area contributed by atoms with Gasteiger partial charge in [-0.15, -0.1) is 0 Å². The number of hydrogen-bond acceptors (Lipinski definition) is 4. The zero-order valence-corrected chi connectivity index (χ0v) is 7.03. The lowest BCUT2D eigenvalue weighted by molar-refractivity contribution is 0.689. The van der Waals surface area contributed by atoms with Crippen LogP contribution in [-0.2, 0) is 6.54 Å². The van der Waals surface area contributed by atoms with Gasteiger partial charge in [-0.2, -0.15) is 4.37 Å². The van der Waals surface area contributed by atoms with E-state index in [0.717, 1.165) is 23.2 Å². The van der Waals surface area contributed by atoms with Crippen molar-refractivity contribution < 1.29 is 0 Å². The third kappa shape index (κ3) is 1.70. The maximum absolute atomic E-state index is 5.66. The van der Waals surface area contributed by atoms with Crippen molar-refractivity contribution in [3.8, 4) is 0 Å². The van der Waals surface area contributed by atoms with E-state index in [1.54, 1.807) is 0 Å². The monoisotopic (exact) mass is 169 g/mol. The van der Waals surface area contributed by atoms with E-state index in [0.29, 0.717) is 0 Å². The van der Waals surface area contributed by atoms with Crippen LogP contribution in [0.15, 0.2) is 6.20 Å². The molecule has 4 heteroatoms. The highest BCUT2D eigenvalue weighted by Gasteiger charge is 2.20. The van der Waals surface area contributed by atoms with Crippen LogP contribution in [0.1, 0.15) is 18.4 Å². The van der Waals surface area contributed by atoms with Crippen molar-refractivity contribution in [3.63, 3.8) is 0 Å². The number of rotatable bonds is 3. The number of anilines is 1. The van der Waals surface area contributed by atoms with E-state index in [4.69, 9.17) is 5.73 Å². The van der Waals surface area contributed by atoms with Crippen LogP contribution in [-0.4, -0.2) is 10.4 Å². The molecule has 1 fully saturated rings. The van der Waals surface area contributed by atoms with Gasteiger partial charge in [-0.05, 0) is 24.4 Å². The van der Waals surface area contributed by atoms with E-state index in [1.807, 2.05) is 6.20 Å². The quantitative estimate of drug-likeness (QED) is 0.709. The smallest absolute Gasteiger partial charge is 0.111 e. The fraction of sp³-hybridized carbons (Fsp3) is 0.571. The highest BCUT2D eigenvalue weighted by Crippen LogP contribution is 2.21. The number of nitrogens with zero attached hydrogens (tertiary/aromatic N) is 1. The first-order chi connectivity index (χ1) is 5.36. The predicted octanol–water partition coefficient (Wildman–Crippen LogP) is 0.977. The third-order valence-electron chi connectivity index (χ3n) is 1.83. The second-order valence-electron chi connectivity index (χ2n) is 2.87. The van der Waals surface area contributed by atoms with E-state index in [-0.39, 0.29) is 0 Å². The summed E-state index contributed by atoms with van der Waals surface area (Å²) in [4.78, 5) is 0. The molecule has 2 rings (SSSR count). The van der Waals surface area contributed by atoms with Crippen molar-refractivity contribution in [2.45, 2.75) is 25.4 Å². The zero-order chi connectivity index (χ0) is 7.68. The van der Waals surface area contributed by atoms with Gasteiger partial charge >= 0.3 is 0 Å². The number of hydrogen-bond donors (Lipinski definition) is 2. The number of nitrogen functional groups attached to an aromatic ring is 1. The molecule has 1 aromatic rings. The summed E-state index contributed by atoms with van der Waals surface area (Å²) in [5, 5.41) is 4.23. The van der Waals surface area contributed by atoms with Gasteiger partial charge in [0.15, 0.2) is 0 Å². The standard InChI is InChI=1S/C7H11N3S/c8-7-5(4-10-11-7)3-9-6-1-2-6/h4,6,9H,1-3,8H2. The van der Waals surface area contributed by atoms with E-state index in [1.165, 1.54) is 24.4 Å². The van der Waals surface area contributed by atoms with Crippen LogP contribution < -0.4 is 11.1 Å². The summed E-state index contributed by atoms with van der Waals surface area (Å²) in [6.07, 6.45) is 4.48. The molecule has 0 radical (unpaired) electrons. The normalized spacial score (nSPS) is 17.1. The summed E-state index contributed by atoms with van der Waals surface area (Å²) in [6, 6.07) is 0.745. The number of aromatic nitrogens is 1. The molecule has 1 heterocycles. The lowest BCUT2D eigenvalue weighted by Crippen LogP contribution is -2.15. The summed E-state index contributed by atoms with van der Waals surface area (Å²) >= 11 is 1.36. The molecule has 0 spiro atoms. The van der Waals surface area contributed by atoms with Crippen LogP contribution in [0.2, 0.25) is 0 Å². The Hall–Kier alpha value is -0.610.